The van der Waals surface area contributed by atoms with Crippen LogP contribution in [0, 0.1) is 6.92 Å². The van der Waals surface area contributed by atoms with Crippen molar-refractivity contribution in [1.29, 1.82) is 0 Å². The third-order valence-electron chi connectivity index (χ3n) is 2.48. The summed E-state index contributed by atoms with van der Waals surface area (Å²) in [4.78, 5) is 8.93. The van der Waals surface area contributed by atoms with E-state index in [0.29, 0.717) is 6.54 Å². The Morgan fingerprint density at radius 1 is 1.18 bits per heavy atom. The zero-order valence-corrected chi connectivity index (χ0v) is 11.2. The van der Waals surface area contributed by atoms with E-state index in [2.05, 4.69) is 34.4 Å². The second kappa shape index (κ2) is 5.82. The molecule has 1 heterocycles. The van der Waals surface area contributed by atoms with Crippen molar-refractivity contribution in [2.24, 2.45) is 0 Å². The van der Waals surface area contributed by atoms with Crippen molar-refractivity contribution in [3.8, 4) is 0 Å². The summed E-state index contributed by atoms with van der Waals surface area (Å²) < 4.78 is 0. The van der Waals surface area contributed by atoms with Crippen LogP contribution in [-0.4, -0.2) is 34.8 Å². The molecular weight excluding hydrogens is 216 g/mol. The molecule has 96 valence electrons. The van der Waals surface area contributed by atoms with Gasteiger partial charge in [-0.2, -0.15) is 0 Å². The van der Waals surface area contributed by atoms with E-state index in [1.54, 1.807) is 6.92 Å². The quantitative estimate of drug-likeness (QED) is 0.729. The van der Waals surface area contributed by atoms with Gasteiger partial charge in [-0.25, -0.2) is 9.97 Å². The van der Waals surface area contributed by atoms with Crippen LogP contribution in [0.4, 0.5) is 11.6 Å². The van der Waals surface area contributed by atoms with Crippen LogP contribution < -0.4 is 10.6 Å². The molecule has 1 aromatic heterocycles. The fourth-order valence-corrected chi connectivity index (χ4v) is 1.45. The molecule has 5 nitrogen and oxygen atoms in total. The summed E-state index contributed by atoms with van der Waals surface area (Å²) in [5.41, 5.74) is 0.970. The highest BCUT2D eigenvalue weighted by atomic mass is 16.3. The first-order valence-electron chi connectivity index (χ1n) is 5.94. The highest BCUT2D eigenvalue weighted by Gasteiger charge is 2.12. The molecule has 1 unspecified atom stereocenters. The van der Waals surface area contributed by atoms with Gasteiger partial charge in [-0.3, -0.25) is 0 Å². The zero-order valence-electron chi connectivity index (χ0n) is 11.2. The van der Waals surface area contributed by atoms with Gasteiger partial charge < -0.3 is 15.7 Å². The molecule has 1 atom stereocenters. The highest BCUT2D eigenvalue weighted by molar-refractivity contribution is 5.57. The Kier molecular flexibility index (Phi) is 4.69. The van der Waals surface area contributed by atoms with Crippen molar-refractivity contribution in [3.63, 3.8) is 0 Å². The third kappa shape index (κ3) is 3.56. The Morgan fingerprint density at radius 2 is 1.76 bits per heavy atom. The lowest BCUT2D eigenvalue weighted by atomic mass is 10.2. The SMILES string of the molecule is CNc1nc(C(C)C)nc(NCC(C)O)c1C. The third-order valence-corrected chi connectivity index (χ3v) is 2.48. The minimum atomic E-state index is -0.398. The Hall–Kier alpha value is -1.36. The topological polar surface area (TPSA) is 70.1 Å². The van der Waals surface area contributed by atoms with Gasteiger partial charge in [0.1, 0.15) is 17.5 Å². The van der Waals surface area contributed by atoms with Gasteiger partial charge in [0.25, 0.3) is 0 Å². The smallest absolute Gasteiger partial charge is 0.135 e. The summed E-state index contributed by atoms with van der Waals surface area (Å²) in [6, 6.07) is 0. The first kappa shape index (κ1) is 13.7. The molecule has 0 bridgehead atoms. The van der Waals surface area contributed by atoms with E-state index < -0.39 is 6.10 Å². The molecule has 0 aliphatic rings. The van der Waals surface area contributed by atoms with Gasteiger partial charge in [0.2, 0.25) is 0 Å². The fourth-order valence-electron chi connectivity index (χ4n) is 1.45. The van der Waals surface area contributed by atoms with Crippen LogP contribution in [0.3, 0.4) is 0 Å². The van der Waals surface area contributed by atoms with Crippen LogP contribution in [-0.2, 0) is 0 Å². The zero-order chi connectivity index (χ0) is 13.0. The number of aliphatic hydroxyl groups excluding tert-OH is 1. The molecule has 3 N–H and O–H groups in total. The van der Waals surface area contributed by atoms with Gasteiger partial charge in [-0.1, -0.05) is 13.8 Å². The van der Waals surface area contributed by atoms with E-state index in [1.807, 2.05) is 14.0 Å². The van der Waals surface area contributed by atoms with Crippen molar-refractivity contribution in [3.05, 3.63) is 11.4 Å². The van der Waals surface area contributed by atoms with E-state index in [4.69, 9.17) is 0 Å². The average Bonchev–Trinajstić information content (AvgIpc) is 2.27. The second-order valence-electron chi connectivity index (χ2n) is 4.54. The number of aromatic nitrogens is 2. The van der Waals surface area contributed by atoms with E-state index >= 15 is 0 Å². The van der Waals surface area contributed by atoms with E-state index in [-0.39, 0.29) is 5.92 Å². The number of aliphatic hydroxyl groups is 1. The molecule has 1 rings (SSSR count). The maximum absolute atomic E-state index is 9.29. The lowest BCUT2D eigenvalue weighted by Gasteiger charge is -2.15. The van der Waals surface area contributed by atoms with Crippen molar-refractivity contribution in [2.45, 2.75) is 39.7 Å². The Balaban J connectivity index is 3.04. The van der Waals surface area contributed by atoms with Gasteiger partial charge in [-0.15, -0.1) is 0 Å². The normalized spacial score (nSPS) is 12.6. The predicted molar refractivity (Wildman–Crippen MR) is 70.6 cm³/mol. The molecule has 0 radical (unpaired) electrons. The molecule has 0 fully saturated rings. The summed E-state index contributed by atoms with van der Waals surface area (Å²) in [7, 11) is 1.85. The summed E-state index contributed by atoms with van der Waals surface area (Å²) >= 11 is 0. The number of hydrogen-bond donors (Lipinski definition) is 3. The molecule has 5 heteroatoms. The van der Waals surface area contributed by atoms with Crippen LogP contribution in [0.25, 0.3) is 0 Å². The van der Waals surface area contributed by atoms with Gasteiger partial charge >= 0.3 is 0 Å². The first-order valence-corrected chi connectivity index (χ1v) is 5.94. The van der Waals surface area contributed by atoms with Gasteiger partial charge in [0.15, 0.2) is 0 Å². The molecular formula is C12H22N4O. The number of nitrogens with one attached hydrogen (secondary N) is 2. The molecule has 0 spiro atoms. The molecule has 1 aromatic rings. The summed E-state index contributed by atoms with van der Waals surface area (Å²) in [6.45, 7) is 8.30. The lowest BCUT2D eigenvalue weighted by molar-refractivity contribution is 0.208. The van der Waals surface area contributed by atoms with Crippen LogP contribution in [0.1, 0.15) is 38.1 Å². The Bertz CT molecular complexity index is 377. The fraction of sp³-hybridized carbons (Fsp3) is 0.667. The number of hydrogen-bond acceptors (Lipinski definition) is 5. The largest absolute Gasteiger partial charge is 0.392 e. The molecule has 0 aliphatic carbocycles. The Morgan fingerprint density at radius 3 is 2.24 bits per heavy atom. The molecule has 0 aliphatic heterocycles. The van der Waals surface area contributed by atoms with Crippen molar-refractivity contribution < 1.29 is 5.11 Å². The minimum Gasteiger partial charge on any atom is -0.392 e. The number of rotatable bonds is 5. The molecule has 0 amide bonds. The number of nitrogens with zero attached hydrogens (tertiary/aromatic N) is 2. The van der Waals surface area contributed by atoms with Crippen LogP contribution in [0.15, 0.2) is 0 Å². The Labute approximate surface area is 103 Å². The summed E-state index contributed by atoms with van der Waals surface area (Å²) in [6.07, 6.45) is -0.398. The van der Waals surface area contributed by atoms with Gasteiger partial charge in [-0.05, 0) is 13.8 Å². The first-order chi connectivity index (χ1) is 7.95. The van der Waals surface area contributed by atoms with Crippen LogP contribution in [0.5, 0.6) is 0 Å². The standard InChI is InChI=1S/C12H22N4O/c1-7(2)10-15-11(13-5)9(4)12(16-10)14-6-8(3)17/h7-8,17H,6H2,1-5H3,(H2,13,14,15,16). The van der Waals surface area contributed by atoms with Crippen molar-refractivity contribution in [2.75, 3.05) is 24.2 Å². The maximum Gasteiger partial charge on any atom is 0.135 e. The van der Waals surface area contributed by atoms with Gasteiger partial charge in [0.05, 0.1) is 6.10 Å². The van der Waals surface area contributed by atoms with E-state index in [1.165, 1.54) is 0 Å². The van der Waals surface area contributed by atoms with Gasteiger partial charge in [0, 0.05) is 25.1 Å². The second-order valence-corrected chi connectivity index (χ2v) is 4.54. The lowest BCUT2D eigenvalue weighted by Crippen LogP contribution is -2.18. The molecule has 17 heavy (non-hydrogen) atoms. The van der Waals surface area contributed by atoms with Crippen molar-refractivity contribution >= 4 is 11.6 Å². The van der Waals surface area contributed by atoms with E-state index in [0.717, 1.165) is 23.0 Å². The maximum atomic E-state index is 9.29. The van der Waals surface area contributed by atoms with E-state index in [9.17, 15) is 5.11 Å². The van der Waals surface area contributed by atoms with Crippen LogP contribution >= 0.6 is 0 Å². The molecule has 0 aromatic carbocycles. The monoisotopic (exact) mass is 238 g/mol. The van der Waals surface area contributed by atoms with Crippen LogP contribution in [0.2, 0.25) is 0 Å². The number of anilines is 2. The predicted octanol–water partition coefficient (Wildman–Crippen LogP) is 1.74. The highest BCUT2D eigenvalue weighted by Crippen LogP contribution is 2.22. The summed E-state index contributed by atoms with van der Waals surface area (Å²) in [5, 5.41) is 15.5. The summed E-state index contributed by atoms with van der Waals surface area (Å²) in [5.74, 6) is 2.69. The average molecular weight is 238 g/mol. The van der Waals surface area contributed by atoms with Crippen molar-refractivity contribution in [1.82, 2.24) is 9.97 Å². The minimum absolute atomic E-state index is 0.273. The molecule has 0 saturated carbocycles. The molecule has 0 saturated heterocycles.